The molecular weight excluding hydrogens is 288 g/mol. The molecule has 3 rings (SSSR count). The maximum atomic E-state index is 12.0. The van der Waals surface area contributed by atoms with Crippen LogP contribution in [0.15, 0.2) is 28.7 Å². The van der Waals surface area contributed by atoms with Gasteiger partial charge in [-0.15, -0.1) is 0 Å². The van der Waals surface area contributed by atoms with Crippen LogP contribution in [0.1, 0.15) is 29.0 Å². The molecule has 1 amide bonds. The molecule has 0 unspecified atom stereocenters. The fourth-order valence-corrected chi connectivity index (χ4v) is 3.67. The van der Waals surface area contributed by atoms with E-state index in [0.717, 1.165) is 37.0 Å². The largest absolute Gasteiger partial charge is 0.459 e. The van der Waals surface area contributed by atoms with Crippen molar-refractivity contribution in [1.29, 1.82) is 0 Å². The van der Waals surface area contributed by atoms with Crippen LogP contribution in [-0.4, -0.2) is 24.4 Å². The highest BCUT2D eigenvalue weighted by Crippen LogP contribution is 2.32. The van der Waals surface area contributed by atoms with E-state index < -0.39 is 0 Å². The number of thioether (sulfide) groups is 1. The number of rotatable bonds is 4. The van der Waals surface area contributed by atoms with Crippen LogP contribution >= 0.6 is 11.8 Å². The molecule has 21 heavy (non-hydrogen) atoms. The summed E-state index contributed by atoms with van der Waals surface area (Å²) in [5.41, 5.74) is 3.48. The Kier molecular flexibility index (Phi) is 4.48. The van der Waals surface area contributed by atoms with Gasteiger partial charge in [-0.3, -0.25) is 10.2 Å². The highest BCUT2D eigenvalue weighted by Gasteiger charge is 2.22. The van der Waals surface area contributed by atoms with Gasteiger partial charge in [-0.2, -0.15) is 11.8 Å². The Balaban J connectivity index is 1.84. The van der Waals surface area contributed by atoms with Crippen molar-refractivity contribution in [1.82, 2.24) is 5.43 Å². The number of hydrogen-bond acceptors (Lipinski definition) is 5. The summed E-state index contributed by atoms with van der Waals surface area (Å²) in [6.45, 7) is 1.63. The quantitative estimate of drug-likeness (QED) is 0.515. The van der Waals surface area contributed by atoms with E-state index in [1.54, 1.807) is 0 Å². The molecule has 2 aromatic rings. The number of benzene rings is 1. The highest BCUT2D eigenvalue weighted by molar-refractivity contribution is 7.99. The van der Waals surface area contributed by atoms with Gasteiger partial charge in [-0.25, -0.2) is 5.84 Å². The molecule has 0 bridgehead atoms. The van der Waals surface area contributed by atoms with Crippen LogP contribution in [0.4, 0.5) is 0 Å². The van der Waals surface area contributed by atoms with Crippen LogP contribution in [-0.2, 0) is 10.5 Å². The lowest BCUT2D eigenvalue weighted by molar-refractivity contribution is 0.0953. The van der Waals surface area contributed by atoms with Crippen LogP contribution < -0.4 is 11.3 Å². The SMILES string of the molecule is NNC(=O)c1c(CSC2CCOCC2)oc2ccccc12. The van der Waals surface area contributed by atoms with Crippen molar-refractivity contribution >= 4 is 28.6 Å². The average molecular weight is 306 g/mol. The zero-order valence-electron chi connectivity index (χ0n) is 11.6. The van der Waals surface area contributed by atoms with Gasteiger partial charge in [0.25, 0.3) is 5.91 Å². The third-order valence-corrected chi connectivity index (χ3v) is 5.02. The smallest absolute Gasteiger partial charge is 0.269 e. The van der Waals surface area contributed by atoms with Gasteiger partial charge in [0, 0.05) is 23.8 Å². The second-order valence-electron chi connectivity index (χ2n) is 4.99. The molecule has 1 aliphatic heterocycles. The van der Waals surface area contributed by atoms with Gasteiger partial charge in [-0.1, -0.05) is 18.2 Å². The maximum absolute atomic E-state index is 12.0. The molecule has 2 heterocycles. The lowest BCUT2D eigenvalue weighted by atomic mass is 10.1. The minimum atomic E-state index is -0.303. The summed E-state index contributed by atoms with van der Waals surface area (Å²) in [5, 5.41) is 1.36. The van der Waals surface area contributed by atoms with Gasteiger partial charge in [0.1, 0.15) is 11.3 Å². The standard InChI is InChI=1S/C15H18N2O3S/c16-17-15(18)14-11-3-1-2-4-12(11)20-13(14)9-21-10-5-7-19-8-6-10/h1-4,10H,5-9,16H2,(H,17,18). The Bertz CT molecular complexity index is 635. The van der Waals surface area contributed by atoms with Gasteiger partial charge < -0.3 is 9.15 Å². The number of nitrogens with two attached hydrogens (primary N) is 1. The van der Waals surface area contributed by atoms with E-state index >= 15 is 0 Å². The number of carbonyl (C=O) groups excluding carboxylic acids is 1. The molecule has 1 aliphatic rings. The number of nitrogen functional groups attached to an aromatic ring is 1. The molecule has 5 nitrogen and oxygen atoms in total. The Morgan fingerprint density at radius 3 is 2.86 bits per heavy atom. The molecule has 0 spiro atoms. The van der Waals surface area contributed by atoms with E-state index in [-0.39, 0.29) is 5.91 Å². The second-order valence-corrected chi connectivity index (χ2v) is 6.28. The minimum absolute atomic E-state index is 0.303. The molecule has 0 aliphatic carbocycles. The van der Waals surface area contributed by atoms with E-state index in [0.29, 0.717) is 22.3 Å². The first-order chi connectivity index (χ1) is 10.3. The predicted octanol–water partition coefficient (Wildman–Crippen LogP) is 2.45. The third-order valence-electron chi connectivity index (χ3n) is 3.65. The summed E-state index contributed by atoms with van der Waals surface area (Å²) in [7, 11) is 0. The first kappa shape index (κ1) is 14.4. The summed E-state index contributed by atoms with van der Waals surface area (Å²) in [6.07, 6.45) is 2.09. The van der Waals surface area contributed by atoms with Crippen molar-refractivity contribution in [3.8, 4) is 0 Å². The van der Waals surface area contributed by atoms with Crippen molar-refractivity contribution in [2.24, 2.45) is 5.84 Å². The molecule has 0 saturated carbocycles. The Morgan fingerprint density at radius 1 is 1.33 bits per heavy atom. The van der Waals surface area contributed by atoms with Crippen LogP contribution in [0.5, 0.6) is 0 Å². The number of hydrogen-bond donors (Lipinski definition) is 2. The number of hydrazine groups is 1. The van der Waals surface area contributed by atoms with E-state index in [4.69, 9.17) is 15.0 Å². The van der Waals surface area contributed by atoms with Crippen molar-refractivity contribution in [3.63, 3.8) is 0 Å². The number of furan rings is 1. The second kappa shape index (κ2) is 6.51. The van der Waals surface area contributed by atoms with E-state index in [2.05, 4.69) is 5.43 Å². The van der Waals surface area contributed by atoms with Gasteiger partial charge in [0.15, 0.2) is 0 Å². The van der Waals surface area contributed by atoms with Gasteiger partial charge in [0.05, 0.1) is 11.3 Å². The molecule has 6 heteroatoms. The molecule has 112 valence electrons. The van der Waals surface area contributed by atoms with E-state index in [9.17, 15) is 4.79 Å². The minimum Gasteiger partial charge on any atom is -0.459 e. The van der Waals surface area contributed by atoms with Crippen molar-refractivity contribution < 1.29 is 13.9 Å². The molecular formula is C15H18N2O3S. The number of ether oxygens (including phenoxy) is 1. The molecule has 0 atom stereocenters. The van der Waals surface area contributed by atoms with Gasteiger partial charge in [0.2, 0.25) is 0 Å². The zero-order chi connectivity index (χ0) is 14.7. The Hall–Kier alpha value is -1.50. The molecule has 1 aromatic heterocycles. The number of fused-ring (bicyclic) bond motifs is 1. The topological polar surface area (TPSA) is 77.5 Å². The number of amides is 1. The van der Waals surface area contributed by atoms with Crippen LogP contribution in [0, 0.1) is 0 Å². The number of para-hydroxylation sites is 1. The number of nitrogens with one attached hydrogen (secondary N) is 1. The van der Waals surface area contributed by atoms with Crippen molar-refractivity contribution in [2.75, 3.05) is 13.2 Å². The van der Waals surface area contributed by atoms with Crippen molar-refractivity contribution in [3.05, 3.63) is 35.6 Å². The molecule has 1 aromatic carbocycles. The average Bonchev–Trinajstić information content (AvgIpc) is 2.91. The lowest BCUT2D eigenvalue weighted by Gasteiger charge is -2.21. The first-order valence-electron chi connectivity index (χ1n) is 7.00. The molecule has 3 N–H and O–H groups in total. The first-order valence-corrected chi connectivity index (χ1v) is 8.05. The summed E-state index contributed by atoms with van der Waals surface area (Å²) >= 11 is 1.81. The zero-order valence-corrected chi connectivity index (χ0v) is 12.4. The molecule has 1 saturated heterocycles. The predicted molar refractivity (Wildman–Crippen MR) is 83.0 cm³/mol. The summed E-state index contributed by atoms with van der Waals surface area (Å²) < 4.78 is 11.2. The number of carbonyl (C=O) groups is 1. The molecule has 1 fully saturated rings. The van der Waals surface area contributed by atoms with Crippen LogP contribution in [0.3, 0.4) is 0 Å². The molecule has 0 radical (unpaired) electrons. The van der Waals surface area contributed by atoms with E-state index in [1.165, 1.54) is 0 Å². The normalized spacial score (nSPS) is 16.2. The Labute approximate surface area is 127 Å². The summed E-state index contributed by atoms with van der Waals surface area (Å²) in [6, 6.07) is 7.53. The third kappa shape index (κ3) is 3.07. The van der Waals surface area contributed by atoms with Crippen molar-refractivity contribution in [2.45, 2.75) is 23.8 Å². The Morgan fingerprint density at radius 2 is 2.10 bits per heavy atom. The lowest BCUT2D eigenvalue weighted by Crippen LogP contribution is -2.30. The van der Waals surface area contributed by atoms with Gasteiger partial charge >= 0.3 is 0 Å². The maximum Gasteiger partial charge on any atom is 0.269 e. The van der Waals surface area contributed by atoms with Gasteiger partial charge in [-0.05, 0) is 18.9 Å². The fourth-order valence-electron chi connectivity index (χ4n) is 2.56. The fraction of sp³-hybridized carbons (Fsp3) is 0.400. The summed E-state index contributed by atoms with van der Waals surface area (Å²) in [4.78, 5) is 12.0. The van der Waals surface area contributed by atoms with E-state index in [1.807, 2.05) is 36.0 Å². The van der Waals surface area contributed by atoms with Crippen LogP contribution in [0.25, 0.3) is 11.0 Å². The summed E-state index contributed by atoms with van der Waals surface area (Å²) in [5.74, 6) is 6.35. The highest BCUT2D eigenvalue weighted by atomic mass is 32.2. The van der Waals surface area contributed by atoms with Crippen LogP contribution in [0.2, 0.25) is 0 Å². The monoisotopic (exact) mass is 306 g/mol.